The van der Waals surface area contributed by atoms with Gasteiger partial charge in [0.2, 0.25) is 0 Å². The number of nitrogens with zero attached hydrogens (tertiary/aromatic N) is 2. The van der Waals surface area contributed by atoms with Crippen LogP contribution < -0.4 is 5.32 Å². The number of carbonyl (C=O) groups excluding carboxylic acids is 1. The summed E-state index contributed by atoms with van der Waals surface area (Å²) in [5, 5.41) is 14.4. The van der Waals surface area contributed by atoms with Crippen molar-refractivity contribution in [3.8, 4) is 11.3 Å². The third-order valence-electron chi connectivity index (χ3n) is 9.13. The molecule has 2 aliphatic heterocycles. The van der Waals surface area contributed by atoms with Crippen LogP contribution in [0.5, 0.6) is 0 Å². The molecular formula is C30H33N3O4. The molecule has 3 heterocycles. The molecule has 1 aromatic heterocycles. The number of rotatable bonds is 3. The molecule has 7 heteroatoms. The highest BCUT2D eigenvalue weighted by Crippen LogP contribution is 2.59. The van der Waals surface area contributed by atoms with Crippen LogP contribution in [0.2, 0.25) is 0 Å². The number of amides is 2. The van der Waals surface area contributed by atoms with Gasteiger partial charge in [-0.2, -0.15) is 0 Å². The average Bonchev–Trinajstić information content (AvgIpc) is 3.56. The van der Waals surface area contributed by atoms with E-state index < -0.39 is 5.97 Å². The predicted octanol–water partition coefficient (Wildman–Crippen LogP) is 5.34. The Bertz CT molecular complexity index is 1400. The van der Waals surface area contributed by atoms with Crippen molar-refractivity contribution in [2.24, 2.45) is 0 Å². The van der Waals surface area contributed by atoms with Crippen molar-refractivity contribution in [3.63, 3.8) is 0 Å². The van der Waals surface area contributed by atoms with Gasteiger partial charge in [0.15, 0.2) is 0 Å². The lowest BCUT2D eigenvalue weighted by atomic mass is 9.81. The van der Waals surface area contributed by atoms with Crippen LogP contribution in [-0.2, 0) is 11.3 Å². The number of benzene rings is 2. The fraction of sp³-hybridized carbons (Fsp3) is 0.467. The van der Waals surface area contributed by atoms with Crippen LogP contribution in [0, 0.1) is 0 Å². The van der Waals surface area contributed by atoms with Gasteiger partial charge in [0.25, 0.3) is 0 Å². The monoisotopic (exact) mass is 499 g/mol. The Balaban J connectivity index is 1.41. The molecule has 192 valence electrons. The van der Waals surface area contributed by atoms with Gasteiger partial charge in [-0.3, -0.25) is 0 Å². The fourth-order valence-electron chi connectivity index (χ4n) is 7.19. The number of hydrogen-bond acceptors (Lipinski definition) is 3. The van der Waals surface area contributed by atoms with Gasteiger partial charge in [-0.1, -0.05) is 49.6 Å². The van der Waals surface area contributed by atoms with E-state index >= 15 is 0 Å². The van der Waals surface area contributed by atoms with E-state index in [1.165, 1.54) is 41.6 Å². The Labute approximate surface area is 216 Å². The topological polar surface area (TPSA) is 83.8 Å². The number of morpholine rings is 1. The normalized spacial score (nSPS) is 25.1. The number of carboxylic acids is 1. The SMILES string of the molecule is O=C(O)c1ccc2c(C3CCCCC3)c3n(c2c1)CC1(NC(=O)N2CCOCC2)CC1c1ccccc1-3. The summed E-state index contributed by atoms with van der Waals surface area (Å²) in [6, 6.07) is 14.3. The number of aromatic carboxylic acids is 1. The lowest BCUT2D eigenvalue weighted by Crippen LogP contribution is -2.51. The summed E-state index contributed by atoms with van der Waals surface area (Å²) in [6.45, 7) is 3.00. The number of carbonyl (C=O) groups is 2. The second-order valence-electron chi connectivity index (χ2n) is 11.3. The highest BCUT2D eigenvalue weighted by Gasteiger charge is 2.59. The number of nitrogens with one attached hydrogen (secondary N) is 1. The number of ether oxygens (including phenoxy) is 1. The second kappa shape index (κ2) is 8.62. The lowest BCUT2D eigenvalue weighted by molar-refractivity contribution is 0.0520. The van der Waals surface area contributed by atoms with Crippen LogP contribution in [0.25, 0.3) is 22.2 Å². The van der Waals surface area contributed by atoms with Crippen molar-refractivity contribution in [1.82, 2.24) is 14.8 Å². The van der Waals surface area contributed by atoms with Crippen LogP contribution in [0.1, 0.15) is 71.8 Å². The van der Waals surface area contributed by atoms with Crippen LogP contribution in [-0.4, -0.2) is 58.4 Å². The Morgan fingerprint density at radius 3 is 2.59 bits per heavy atom. The summed E-state index contributed by atoms with van der Waals surface area (Å²) in [4.78, 5) is 27.2. The van der Waals surface area contributed by atoms with Crippen molar-refractivity contribution in [2.75, 3.05) is 26.3 Å². The highest BCUT2D eigenvalue weighted by molar-refractivity contribution is 5.99. The fourth-order valence-corrected chi connectivity index (χ4v) is 7.19. The summed E-state index contributed by atoms with van der Waals surface area (Å²) in [7, 11) is 0. The average molecular weight is 500 g/mol. The maximum atomic E-state index is 13.4. The van der Waals surface area contributed by atoms with Gasteiger partial charge in [-0.25, -0.2) is 9.59 Å². The van der Waals surface area contributed by atoms with Crippen molar-refractivity contribution in [3.05, 3.63) is 59.2 Å². The molecule has 0 bridgehead atoms. The predicted molar refractivity (Wildman–Crippen MR) is 141 cm³/mol. The molecule has 2 saturated carbocycles. The van der Waals surface area contributed by atoms with E-state index in [1.54, 1.807) is 6.07 Å². The largest absolute Gasteiger partial charge is 0.478 e. The number of fused-ring (bicyclic) bond motifs is 7. The number of aromatic nitrogens is 1. The summed E-state index contributed by atoms with van der Waals surface area (Å²) in [5.41, 5.74) is 6.02. The highest BCUT2D eigenvalue weighted by atomic mass is 16.5. The minimum atomic E-state index is -0.912. The first kappa shape index (κ1) is 22.8. The Morgan fingerprint density at radius 2 is 1.81 bits per heavy atom. The molecule has 3 fully saturated rings. The first-order valence-corrected chi connectivity index (χ1v) is 13.7. The molecule has 3 aromatic rings. The van der Waals surface area contributed by atoms with Gasteiger partial charge >= 0.3 is 12.0 Å². The summed E-state index contributed by atoms with van der Waals surface area (Å²) in [6.07, 6.45) is 6.95. The standard InChI is InChI=1S/C30H33N3O4/c34-28(35)20-10-11-23-25(16-20)33-18-30(31-29(36)32-12-14-37-15-13-32)17-24(30)21-8-4-5-9-22(21)27(33)26(23)19-6-2-1-3-7-19/h4-5,8-11,16,19,24H,1-3,6-7,12-15,17-18H2,(H,31,36)(H,34,35). The van der Waals surface area contributed by atoms with Crippen molar-refractivity contribution >= 4 is 22.9 Å². The summed E-state index contributed by atoms with van der Waals surface area (Å²) >= 11 is 0. The molecule has 7 rings (SSSR count). The van der Waals surface area contributed by atoms with E-state index in [-0.39, 0.29) is 17.5 Å². The molecule has 2 aromatic carbocycles. The molecule has 2 atom stereocenters. The molecule has 0 spiro atoms. The molecule has 1 saturated heterocycles. The molecule has 37 heavy (non-hydrogen) atoms. The molecular weight excluding hydrogens is 466 g/mol. The van der Waals surface area contributed by atoms with Gasteiger partial charge in [0.05, 0.1) is 30.0 Å². The van der Waals surface area contributed by atoms with Gasteiger partial charge in [-0.05, 0) is 48.4 Å². The van der Waals surface area contributed by atoms with Crippen LogP contribution in [0.4, 0.5) is 4.79 Å². The molecule has 2 N–H and O–H groups in total. The van der Waals surface area contributed by atoms with Crippen molar-refractivity contribution < 1.29 is 19.4 Å². The van der Waals surface area contributed by atoms with Gasteiger partial charge in [0, 0.05) is 42.0 Å². The Kier molecular flexibility index (Phi) is 5.32. The van der Waals surface area contributed by atoms with E-state index in [4.69, 9.17) is 4.74 Å². The van der Waals surface area contributed by atoms with Crippen molar-refractivity contribution in [2.45, 2.75) is 62.4 Å². The van der Waals surface area contributed by atoms with E-state index in [2.05, 4.69) is 34.1 Å². The van der Waals surface area contributed by atoms with Crippen LogP contribution in [0.15, 0.2) is 42.5 Å². The third kappa shape index (κ3) is 3.66. The zero-order chi connectivity index (χ0) is 25.1. The zero-order valence-electron chi connectivity index (χ0n) is 21.0. The van der Waals surface area contributed by atoms with Crippen LogP contribution >= 0.6 is 0 Å². The molecule has 0 radical (unpaired) electrons. The maximum absolute atomic E-state index is 13.4. The third-order valence-corrected chi connectivity index (χ3v) is 9.13. The minimum absolute atomic E-state index is 0.0260. The molecule has 2 unspecified atom stereocenters. The van der Waals surface area contributed by atoms with Crippen LogP contribution in [0.3, 0.4) is 0 Å². The number of hydrogen-bond donors (Lipinski definition) is 2. The van der Waals surface area contributed by atoms with E-state index in [1.807, 2.05) is 17.0 Å². The summed E-state index contributed by atoms with van der Waals surface area (Å²) < 4.78 is 7.80. The quantitative estimate of drug-likeness (QED) is 0.510. The molecule has 2 amide bonds. The number of urea groups is 1. The van der Waals surface area contributed by atoms with Gasteiger partial charge < -0.3 is 24.6 Å². The molecule has 7 nitrogen and oxygen atoms in total. The lowest BCUT2D eigenvalue weighted by Gasteiger charge is -2.30. The molecule has 4 aliphatic rings. The van der Waals surface area contributed by atoms with Crippen molar-refractivity contribution in [1.29, 1.82) is 0 Å². The molecule has 2 aliphatic carbocycles. The second-order valence-corrected chi connectivity index (χ2v) is 11.3. The van der Waals surface area contributed by atoms with Gasteiger partial charge in [0.1, 0.15) is 0 Å². The smallest absolute Gasteiger partial charge is 0.335 e. The number of carboxylic acid groups (broad SMARTS) is 1. The van der Waals surface area contributed by atoms with Gasteiger partial charge in [-0.15, -0.1) is 0 Å². The summed E-state index contributed by atoms with van der Waals surface area (Å²) in [5.74, 6) is -0.208. The zero-order valence-corrected chi connectivity index (χ0v) is 21.0. The van der Waals surface area contributed by atoms with E-state index in [0.717, 1.165) is 30.2 Å². The van der Waals surface area contributed by atoms with E-state index in [0.29, 0.717) is 44.3 Å². The maximum Gasteiger partial charge on any atom is 0.335 e. The first-order valence-electron chi connectivity index (χ1n) is 13.7. The minimum Gasteiger partial charge on any atom is -0.478 e. The Hall–Kier alpha value is -3.32. The van der Waals surface area contributed by atoms with E-state index in [9.17, 15) is 14.7 Å². The first-order chi connectivity index (χ1) is 18.1. The Morgan fingerprint density at radius 1 is 1.03 bits per heavy atom.